The largest absolute Gasteiger partial charge is 0.370 e. The maximum absolute atomic E-state index is 12.9. The van der Waals surface area contributed by atoms with Crippen molar-refractivity contribution in [3.63, 3.8) is 0 Å². The van der Waals surface area contributed by atoms with Crippen molar-refractivity contribution in [3.05, 3.63) is 87.4 Å². The van der Waals surface area contributed by atoms with E-state index in [9.17, 15) is 4.79 Å². The van der Waals surface area contributed by atoms with Crippen molar-refractivity contribution < 1.29 is 4.79 Å². The summed E-state index contributed by atoms with van der Waals surface area (Å²) < 4.78 is 0. The fourth-order valence-corrected chi connectivity index (χ4v) is 4.06. The molecule has 4 rings (SSSR count). The number of anilines is 1. The Morgan fingerprint density at radius 3 is 2.97 bits per heavy atom. The van der Waals surface area contributed by atoms with Gasteiger partial charge in [-0.15, -0.1) is 0 Å². The lowest BCUT2D eigenvalue weighted by atomic mass is 10.0. The number of benzene rings is 1. The number of rotatable bonds is 7. The summed E-state index contributed by atoms with van der Waals surface area (Å²) in [6.45, 7) is 8.82. The molecule has 1 aliphatic rings. The van der Waals surface area contributed by atoms with E-state index in [0.717, 1.165) is 46.5 Å². The summed E-state index contributed by atoms with van der Waals surface area (Å²) >= 11 is 6.08. The van der Waals surface area contributed by atoms with E-state index >= 15 is 0 Å². The number of allylic oxidation sites excluding steroid dienone is 2. The Hall–Kier alpha value is -3.51. The Kier molecular flexibility index (Phi) is 6.84. The topological polar surface area (TPSA) is 79.3 Å². The van der Waals surface area contributed by atoms with Crippen LogP contribution >= 0.6 is 11.6 Å². The van der Waals surface area contributed by atoms with Crippen molar-refractivity contribution in [2.24, 2.45) is 4.99 Å². The van der Waals surface area contributed by atoms with Crippen LogP contribution < -0.4 is 10.6 Å². The molecule has 0 fully saturated rings. The molecule has 0 spiro atoms. The summed E-state index contributed by atoms with van der Waals surface area (Å²) in [6.07, 6.45) is 6.69. The molecule has 0 aliphatic carbocycles. The Bertz CT molecular complexity index is 1300. The average molecular weight is 460 g/mol. The van der Waals surface area contributed by atoms with E-state index in [1.165, 1.54) is 5.56 Å². The van der Waals surface area contributed by atoms with Crippen LogP contribution in [-0.2, 0) is 24.2 Å². The molecule has 1 amide bonds. The minimum Gasteiger partial charge on any atom is -0.370 e. The highest BCUT2D eigenvalue weighted by atomic mass is 35.5. The van der Waals surface area contributed by atoms with Gasteiger partial charge in [-0.05, 0) is 74.0 Å². The summed E-state index contributed by atoms with van der Waals surface area (Å²) in [5.41, 5.74) is 6.29. The van der Waals surface area contributed by atoms with Crippen LogP contribution in [0.5, 0.6) is 0 Å². The van der Waals surface area contributed by atoms with Crippen LogP contribution in [-0.4, -0.2) is 29.1 Å². The van der Waals surface area contributed by atoms with E-state index in [1.54, 1.807) is 18.3 Å². The van der Waals surface area contributed by atoms with Crippen LogP contribution in [0.4, 0.5) is 5.82 Å². The predicted molar refractivity (Wildman–Crippen MR) is 135 cm³/mol. The van der Waals surface area contributed by atoms with Crippen molar-refractivity contribution in [1.82, 2.24) is 15.3 Å². The summed E-state index contributed by atoms with van der Waals surface area (Å²) in [5, 5.41) is 7.84. The van der Waals surface area contributed by atoms with Gasteiger partial charge in [-0.1, -0.05) is 23.7 Å². The number of aromatic nitrogens is 2. The number of halogens is 1. The van der Waals surface area contributed by atoms with Gasteiger partial charge >= 0.3 is 0 Å². The van der Waals surface area contributed by atoms with Crippen molar-refractivity contribution in [2.75, 3.05) is 11.9 Å². The van der Waals surface area contributed by atoms with Gasteiger partial charge in [0.1, 0.15) is 5.82 Å². The standard InChI is InChI=1S/C26H26ClN5O/c1-4-18(26(33)31-14-21-11-19-7-8-29-25(19)32-16(21)2)13-23(28-3)10-17-5-6-24-20(9-17)12-22(27)15-30-24/h4-6,9,11-13,15H,3,7-8,10,14H2,1-2H3,(H,29,32)(H,31,33)/b18-4+,23-13-. The van der Waals surface area contributed by atoms with Gasteiger partial charge in [0.15, 0.2) is 0 Å². The summed E-state index contributed by atoms with van der Waals surface area (Å²) in [7, 11) is 0. The third-order valence-corrected chi connectivity index (χ3v) is 5.93. The normalized spacial score (nSPS) is 13.5. The Morgan fingerprint density at radius 2 is 2.18 bits per heavy atom. The maximum Gasteiger partial charge on any atom is 0.251 e. The third-order valence-electron chi connectivity index (χ3n) is 5.72. The first kappa shape index (κ1) is 22.7. The highest BCUT2D eigenvalue weighted by Crippen LogP contribution is 2.23. The number of aryl methyl sites for hydroxylation is 1. The fraction of sp³-hybridized carbons (Fsp3) is 0.231. The number of carbonyl (C=O) groups is 1. The number of carbonyl (C=O) groups excluding carboxylic acids is 1. The summed E-state index contributed by atoms with van der Waals surface area (Å²) in [4.78, 5) is 26.0. The summed E-state index contributed by atoms with van der Waals surface area (Å²) in [5.74, 6) is 0.791. The molecule has 0 saturated carbocycles. The molecule has 7 heteroatoms. The molecular formula is C26H26ClN5O. The Labute approximate surface area is 198 Å². The molecule has 1 aliphatic heterocycles. The quantitative estimate of drug-likeness (QED) is 0.297. The number of aliphatic imine (C=N–C) groups is 1. The second-order valence-electron chi connectivity index (χ2n) is 8.00. The number of hydrogen-bond acceptors (Lipinski definition) is 5. The van der Waals surface area contributed by atoms with Gasteiger partial charge in [-0.25, -0.2) is 4.98 Å². The lowest BCUT2D eigenvalue weighted by Crippen LogP contribution is -2.24. The smallest absolute Gasteiger partial charge is 0.251 e. The van der Waals surface area contributed by atoms with Crippen LogP contribution in [0.1, 0.15) is 29.3 Å². The first-order valence-electron chi connectivity index (χ1n) is 10.9. The number of nitrogens with zero attached hydrogens (tertiary/aromatic N) is 3. The van der Waals surface area contributed by atoms with Crippen LogP contribution in [0.25, 0.3) is 10.9 Å². The zero-order chi connectivity index (χ0) is 23.4. The third kappa shape index (κ3) is 5.29. The molecule has 3 heterocycles. The lowest BCUT2D eigenvalue weighted by Gasteiger charge is -2.11. The lowest BCUT2D eigenvalue weighted by molar-refractivity contribution is -0.117. The second kappa shape index (κ2) is 9.96. The van der Waals surface area contributed by atoms with Crippen molar-refractivity contribution >= 4 is 40.9 Å². The molecule has 6 nitrogen and oxygen atoms in total. The average Bonchev–Trinajstić information content (AvgIpc) is 3.26. The molecular weight excluding hydrogens is 434 g/mol. The van der Waals surface area contributed by atoms with Crippen molar-refractivity contribution in [2.45, 2.75) is 33.2 Å². The molecule has 2 N–H and O–H groups in total. The first-order chi connectivity index (χ1) is 16.0. The molecule has 0 saturated heterocycles. The maximum atomic E-state index is 12.9. The van der Waals surface area contributed by atoms with Crippen molar-refractivity contribution in [3.8, 4) is 0 Å². The first-order valence-corrected chi connectivity index (χ1v) is 11.2. The Morgan fingerprint density at radius 1 is 1.33 bits per heavy atom. The highest BCUT2D eigenvalue weighted by Gasteiger charge is 2.15. The SMILES string of the molecule is C=N/C(=C\C(=C/C)C(=O)NCc1cc2c(nc1C)NCC2)Cc1ccc2ncc(Cl)cc2c1. The van der Waals surface area contributed by atoms with Crippen LogP contribution in [0.15, 0.2) is 64.9 Å². The fourth-order valence-electron chi connectivity index (χ4n) is 3.90. The number of amides is 1. The molecule has 0 radical (unpaired) electrons. The van der Waals surface area contributed by atoms with Gasteiger partial charge in [-0.3, -0.25) is 14.8 Å². The van der Waals surface area contributed by atoms with Gasteiger partial charge in [0, 0.05) is 48.1 Å². The number of nitrogens with one attached hydrogen (secondary N) is 2. The molecule has 2 aromatic heterocycles. The minimum atomic E-state index is -0.161. The monoisotopic (exact) mass is 459 g/mol. The van der Waals surface area contributed by atoms with Gasteiger partial charge in [0.2, 0.25) is 0 Å². The zero-order valence-electron chi connectivity index (χ0n) is 18.8. The van der Waals surface area contributed by atoms with E-state index < -0.39 is 0 Å². The van der Waals surface area contributed by atoms with E-state index in [4.69, 9.17) is 11.6 Å². The van der Waals surface area contributed by atoms with Gasteiger partial charge in [0.25, 0.3) is 5.91 Å². The number of pyridine rings is 2. The molecule has 33 heavy (non-hydrogen) atoms. The highest BCUT2D eigenvalue weighted by molar-refractivity contribution is 6.31. The molecule has 0 bridgehead atoms. The predicted octanol–water partition coefficient (Wildman–Crippen LogP) is 4.95. The Balaban J connectivity index is 1.46. The van der Waals surface area contributed by atoms with E-state index in [0.29, 0.717) is 29.3 Å². The summed E-state index contributed by atoms with van der Waals surface area (Å²) in [6, 6.07) is 9.99. The minimum absolute atomic E-state index is 0.161. The number of fused-ring (bicyclic) bond motifs is 2. The molecule has 3 aromatic rings. The van der Waals surface area contributed by atoms with Crippen LogP contribution in [0.2, 0.25) is 5.02 Å². The molecule has 1 aromatic carbocycles. The van der Waals surface area contributed by atoms with E-state index in [-0.39, 0.29) is 5.91 Å². The second-order valence-corrected chi connectivity index (χ2v) is 8.43. The van der Waals surface area contributed by atoms with Gasteiger partial charge < -0.3 is 10.6 Å². The number of hydrogen-bond donors (Lipinski definition) is 2. The van der Waals surface area contributed by atoms with Gasteiger partial charge in [0.05, 0.1) is 10.5 Å². The van der Waals surface area contributed by atoms with E-state index in [1.807, 2.05) is 38.1 Å². The van der Waals surface area contributed by atoms with E-state index in [2.05, 4.69) is 38.4 Å². The van der Waals surface area contributed by atoms with Crippen molar-refractivity contribution in [1.29, 1.82) is 0 Å². The van der Waals surface area contributed by atoms with Gasteiger partial charge in [-0.2, -0.15) is 0 Å². The molecule has 168 valence electrons. The zero-order valence-corrected chi connectivity index (χ0v) is 19.5. The molecule has 0 atom stereocenters. The molecule has 0 unspecified atom stereocenters. The van der Waals surface area contributed by atoms with Crippen LogP contribution in [0.3, 0.4) is 0 Å². The van der Waals surface area contributed by atoms with Crippen LogP contribution in [0, 0.1) is 6.92 Å².